The van der Waals surface area contributed by atoms with Crippen LogP contribution in [-0.4, -0.2) is 0 Å². The van der Waals surface area contributed by atoms with Crippen LogP contribution >= 0.6 is 15.9 Å². The van der Waals surface area contributed by atoms with Gasteiger partial charge >= 0.3 is 0 Å². The van der Waals surface area contributed by atoms with Gasteiger partial charge in [0.25, 0.3) is 0 Å². The molecule has 2 N–H and O–H groups in total. The van der Waals surface area contributed by atoms with E-state index < -0.39 is 0 Å². The fourth-order valence-electron chi connectivity index (χ4n) is 0.707. The van der Waals surface area contributed by atoms with Crippen LogP contribution in [0, 0.1) is 6.92 Å². The summed E-state index contributed by atoms with van der Waals surface area (Å²) in [6.45, 7) is 9.99. The van der Waals surface area contributed by atoms with E-state index in [0.717, 1.165) is 10.0 Å². The first-order chi connectivity index (χ1) is 6.18. The SMILES string of the molecule is CC.CC.Cc1cc(Br)c[n+](N)c1. The number of rotatable bonds is 0. The standard InChI is InChI=1S/C6H8BrN2.2C2H6/c1-5-2-6(7)4-9(8)3-5;2*1-2/h2-4H,8H2,1H3;2*1-2H3/q+1;;. The summed E-state index contributed by atoms with van der Waals surface area (Å²) in [5, 5.41) is 0. The van der Waals surface area contributed by atoms with Gasteiger partial charge in [-0.3, -0.25) is 0 Å². The first-order valence-corrected chi connectivity index (χ1v) is 5.41. The highest BCUT2D eigenvalue weighted by Crippen LogP contribution is 2.06. The molecule has 76 valence electrons. The van der Waals surface area contributed by atoms with E-state index in [0.29, 0.717) is 0 Å². The lowest BCUT2D eigenvalue weighted by Crippen LogP contribution is -2.43. The molecule has 0 spiro atoms. The number of pyridine rings is 1. The first kappa shape index (κ1) is 14.9. The van der Waals surface area contributed by atoms with Crippen molar-refractivity contribution < 1.29 is 4.68 Å². The van der Waals surface area contributed by atoms with Crippen LogP contribution in [0.15, 0.2) is 22.9 Å². The maximum Gasteiger partial charge on any atom is 0.213 e. The lowest BCUT2D eigenvalue weighted by molar-refractivity contribution is -0.639. The molecule has 3 heteroatoms. The normalized spacial score (nSPS) is 7.54. The quantitative estimate of drug-likeness (QED) is 0.555. The molecule has 0 unspecified atom stereocenters. The molecule has 0 aliphatic carbocycles. The fraction of sp³-hybridized carbons (Fsp3) is 0.500. The van der Waals surface area contributed by atoms with Gasteiger partial charge in [0.1, 0.15) is 0 Å². The number of hydrogen-bond donors (Lipinski definition) is 1. The zero-order valence-electron chi connectivity index (χ0n) is 9.13. The van der Waals surface area contributed by atoms with Gasteiger partial charge in [0.15, 0.2) is 0 Å². The van der Waals surface area contributed by atoms with Crippen LogP contribution in [0.2, 0.25) is 0 Å². The Balaban J connectivity index is 0. The first-order valence-electron chi connectivity index (χ1n) is 4.62. The Bertz CT molecular complexity index is 174. The zero-order chi connectivity index (χ0) is 10.9. The molecular weight excluding hydrogens is 228 g/mol. The lowest BCUT2D eigenvalue weighted by Gasteiger charge is -1.89. The Labute approximate surface area is 89.9 Å². The van der Waals surface area contributed by atoms with E-state index in [-0.39, 0.29) is 0 Å². The molecule has 0 atom stereocenters. The van der Waals surface area contributed by atoms with Crippen molar-refractivity contribution in [2.24, 2.45) is 0 Å². The monoisotopic (exact) mass is 247 g/mol. The van der Waals surface area contributed by atoms with Crippen molar-refractivity contribution >= 4 is 15.9 Å². The Morgan fingerprint density at radius 3 is 1.92 bits per heavy atom. The number of aromatic nitrogens is 1. The highest BCUT2D eigenvalue weighted by molar-refractivity contribution is 9.10. The molecule has 0 radical (unpaired) electrons. The highest BCUT2D eigenvalue weighted by Gasteiger charge is 1.96. The molecule has 0 bridgehead atoms. The number of aryl methyl sites for hydroxylation is 1. The second-order valence-electron chi connectivity index (χ2n) is 1.98. The van der Waals surface area contributed by atoms with E-state index >= 15 is 0 Å². The second-order valence-corrected chi connectivity index (χ2v) is 2.89. The van der Waals surface area contributed by atoms with Crippen LogP contribution in [0.25, 0.3) is 0 Å². The minimum absolute atomic E-state index is 1.00. The van der Waals surface area contributed by atoms with Crippen LogP contribution in [0.3, 0.4) is 0 Å². The molecule has 1 aromatic rings. The largest absolute Gasteiger partial charge is 0.213 e. The number of hydrogen-bond acceptors (Lipinski definition) is 1. The molecule has 1 aromatic heterocycles. The molecule has 0 aliphatic heterocycles. The molecule has 0 fully saturated rings. The average molecular weight is 248 g/mol. The summed E-state index contributed by atoms with van der Waals surface area (Å²) in [6, 6.07) is 2.00. The number of nitrogens with zero attached hydrogens (tertiary/aromatic N) is 1. The molecule has 0 aromatic carbocycles. The van der Waals surface area contributed by atoms with Crippen molar-refractivity contribution in [3.8, 4) is 0 Å². The number of nitrogen functional groups attached to an aromatic ring is 1. The second kappa shape index (κ2) is 9.52. The Morgan fingerprint density at radius 2 is 1.62 bits per heavy atom. The maximum absolute atomic E-state index is 5.45. The van der Waals surface area contributed by atoms with Crippen molar-refractivity contribution in [1.82, 2.24) is 0 Å². The van der Waals surface area contributed by atoms with Gasteiger partial charge in [0.2, 0.25) is 12.4 Å². The Kier molecular flexibility index (Phi) is 10.9. The van der Waals surface area contributed by atoms with E-state index in [1.165, 1.54) is 4.68 Å². The van der Waals surface area contributed by atoms with Gasteiger partial charge in [0.05, 0.1) is 4.47 Å². The van der Waals surface area contributed by atoms with E-state index in [1.54, 1.807) is 6.20 Å². The van der Waals surface area contributed by atoms with Gasteiger partial charge < -0.3 is 0 Å². The summed E-state index contributed by atoms with van der Waals surface area (Å²) in [7, 11) is 0. The molecule has 0 saturated carbocycles. The lowest BCUT2D eigenvalue weighted by atomic mass is 10.3. The van der Waals surface area contributed by atoms with Crippen LogP contribution in [0.5, 0.6) is 0 Å². The summed E-state index contributed by atoms with van der Waals surface area (Å²) >= 11 is 3.31. The molecule has 13 heavy (non-hydrogen) atoms. The third-order valence-corrected chi connectivity index (χ3v) is 1.42. The summed E-state index contributed by atoms with van der Waals surface area (Å²) < 4.78 is 2.53. The van der Waals surface area contributed by atoms with Gasteiger partial charge in [-0.25, -0.2) is 5.84 Å². The predicted molar refractivity (Wildman–Crippen MR) is 61.9 cm³/mol. The summed E-state index contributed by atoms with van der Waals surface area (Å²) in [5.41, 5.74) is 1.15. The van der Waals surface area contributed by atoms with Crippen molar-refractivity contribution in [1.29, 1.82) is 0 Å². The minimum atomic E-state index is 1.00. The van der Waals surface area contributed by atoms with Gasteiger partial charge in [0, 0.05) is 5.56 Å². The van der Waals surface area contributed by atoms with Crippen LogP contribution in [0.1, 0.15) is 33.3 Å². The van der Waals surface area contributed by atoms with Crippen LogP contribution < -0.4 is 10.5 Å². The van der Waals surface area contributed by atoms with E-state index in [9.17, 15) is 0 Å². The molecule has 0 amide bonds. The summed E-state index contributed by atoms with van der Waals surface area (Å²) in [5.74, 6) is 5.45. The topological polar surface area (TPSA) is 29.9 Å². The summed E-state index contributed by atoms with van der Waals surface area (Å²) in [4.78, 5) is 0. The third-order valence-electron chi connectivity index (χ3n) is 0.991. The van der Waals surface area contributed by atoms with Crippen molar-refractivity contribution in [2.75, 3.05) is 5.84 Å². The zero-order valence-corrected chi connectivity index (χ0v) is 10.7. The van der Waals surface area contributed by atoms with Crippen LogP contribution in [0.4, 0.5) is 0 Å². The number of nitrogens with two attached hydrogens (primary N) is 1. The van der Waals surface area contributed by atoms with Gasteiger partial charge in [-0.05, 0) is 28.9 Å². The van der Waals surface area contributed by atoms with Gasteiger partial charge in [-0.15, -0.1) is 0 Å². The van der Waals surface area contributed by atoms with E-state index in [2.05, 4.69) is 15.9 Å². The Hall–Kier alpha value is -0.570. The average Bonchev–Trinajstić information content (AvgIpc) is 2.09. The maximum atomic E-state index is 5.45. The minimum Gasteiger partial charge on any atom is -0.205 e. The van der Waals surface area contributed by atoms with Crippen molar-refractivity contribution in [3.63, 3.8) is 0 Å². The van der Waals surface area contributed by atoms with Crippen molar-refractivity contribution in [3.05, 3.63) is 28.5 Å². The van der Waals surface area contributed by atoms with E-state index in [1.807, 2.05) is 46.9 Å². The predicted octanol–water partition coefficient (Wildman–Crippen LogP) is 2.81. The molecule has 1 rings (SSSR count). The Morgan fingerprint density at radius 1 is 1.15 bits per heavy atom. The fourth-order valence-corrected chi connectivity index (χ4v) is 1.30. The van der Waals surface area contributed by atoms with Gasteiger partial charge in [-0.2, -0.15) is 0 Å². The third kappa shape index (κ3) is 7.78. The van der Waals surface area contributed by atoms with Crippen molar-refractivity contribution in [2.45, 2.75) is 34.6 Å². The molecule has 0 saturated heterocycles. The molecular formula is C10H20BrN2+. The summed E-state index contributed by atoms with van der Waals surface area (Å²) in [6.07, 6.45) is 3.65. The highest BCUT2D eigenvalue weighted by atomic mass is 79.9. The smallest absolute Gasteiger partial charge is 0.205 e. The van der Waals surface area contributed by atoms with Crippen LogP contribution in [-0.2, 0) is 0 Å². The number of halogens is 1. The molecule has 2 nitrogen and oxygen atoms in total. The molecule has 1 heterocycles. The van der Waals surface area contributed by atoms with Gasteiger partial charge in [-0.1, -0.05) is 32.4 Å². The molecule has 0 aliphatic rings. The van der Waals surface area contributed by atoms with E-state index in [4.69, 9.17) is 5.84 Å².